The van der Waals surface area contributed by atoms with Crippen LogP contribution in [0.3, 0.4) is 0 Å². The molecule has 3 aromatic rings. The van der Waals surface area contributed by atoms with Gasteiger partial charge >= 0.3 is 0 Å². The molecule has 5 nitrogen and oxygen atoms in total. The number of carbonyl (C=O) groups excluding carboxylic acids is 2. The predicted molar refractivity (Wildman–Crippen MR) is 126 cm³/mol. The summed E-state index contributed by atoms with van der Waals surface area (Å²) >= 11 is 0. The first-order valence-electron chi connectivity index (χ1n) is 10.9. The SMILES string of the molecule is CC(C)CNC(=O)[C@@H](c1ccccc1)N(Cc1ccccc1)C(=O)COc1ccccc1. The molecule has 0 aromatic heterocycles. The largest absolute Gasteiger partial charge is 0.484 e. The van der Waals surface area contributed by atoms with Crippen molar-refractivity contribution in [1.29, 1.82) is 0 Å². The van der Waals surface area contributed by atoms with Crippen LogP contribution in [0.25, 0.3) is 0 Å². The van der Waals surface area contributed by atoms with E-state index >= 15 is 0 Å². The molecule has 0 saturated carbocycles. The van der Waals surface area contributed by atoms with Crippen LogP contribution in [0, 0.1) is 5.92 Å². The topological polar surface area (TPSA) is 58.6 Å². The lowest BCUT2D eigenvalue weighted by Gasteiger charge is -2.31. The Bertz CT molecular complexity index is 976. The van der Waals surface area contributed by atoms with Crippen molar-refractivity contribution in [3.63, 3.8) is 0 Å². The van der Waals surface area contributed by atoms with Crippen LogP contribution in [0.5, 0.6) is 5.75 Å². The summed E-state index contributed by atoms with van der Waals surface area (Å²) in [7, 11) is 0. The van der Waals surface area contributed by atoms with E-state index in [9.17, 15) is 9.59 Å². The Kier molecular flexibility index (Phi) is 8.44. The van der Waals surface area contributed by atoms with Crippen molar-refractivity contribution >= 4 is 11.8 Å². The Morgan fingerprint density at radius 2 is 1.41 bits per heavy atom. The molecule has 0 unspecified atom stereocenters. The second kappa shape index (κ2) is 11.7. The van der Waals surface area contributed by atoms with Gasteiger partial charge in [-0.2, -0.15) is 0 Å². The monoisotopic (exact) mass is 430 g/mol. The number of para-hydroxylation sites is 1. The van der Waals surface area contributed by atoms with Crippen molar-refractivity contribution in [3.8, 4) is 5.75 Å². The Morgan fingerprint density at radius 3 is 2.00 bits per heavy atom. The van der Waals surface area contributed by atoms with Gasteiger partial charge in [-0.3, -0.25) is 9.59 Å². The highest BCUT2D eigenvalue weighted by Gasteiger charge is 2.31. The molecule has 0 fully saturated rings. The lowest BCUT2D eigenvalue weighted by Crippen LogP contribution is -2.45. The average molecular weight is 431 g/mol. The molecular formula is C27H30N2O3. The molecule has 5 heteroatoms. The number of hydrogen-bond donors (Lipinski definition) is 1. The molecule has 0 saturated heterocycles. The molecule has 3 aromatic carbocycles. The first kappa shape index (κ1) is 23.1. The quantitative estimate of drug-likeness (QED) is 0.511. The van der Waals surface area contributed by atoms with E-state index in [-0.39, 0.29) is 18.4 Å². The van der Waals surface area contributed by atoms with E-state index in [4.69, 9.17) is 4.74 Å². The summed E-state index contributed by atoms with van der Waals surface area (Å²) in [5, 5.41) is 3.00. The summed E-state index contributed by atoms with van der Waals surface area (Å²) in [6, 6.07) is 27.5. The van der Waals surface area contributed by atoms with Crippen molar-refractivity contribution in [2.75, 3.05) is 13.2 Å². The van der Waals surface area contributed by atoms with E-state index in [0.717, 1.165) is 11.1 Å². The maximum atomic E-state index is 13.4. The lowest BCUT2D eigenvalue weighted by atomic mass is 10.0. The first-order chi connectivity index (χ1) is 15.5. The van der Waals surface area contributed by atoms with Crippen molar-refractivity contribution in [3.05, 3.63) is 102 Å². The minimum atomic E-state index is -0.762. The van der Waals surface area contributed by atoms with Crippen LogP contribution in [0.1, 0.15) is 31.0 Å². The van der Waals surface area contributed by atoms with Gasteiger partial charge in [0.15, 0.2) is 6.61 Å². The third kappa shape index (κ3) is 6.71. The number of carbonyl (C=O) groups is 2. The fraction of sp³-hybridized carbons (Fsp3) is 0.259. The van der Waals surface area contributed by atoms with Gasteiger partial charge in [-0.1, -0.05) is 92.7 Å². The molecular weight excluding hydrogens is 400 g/mol. The van der Waals surface area contributed by atoms with Crippen LogP contribution in [-0.4, -0.2) is 29.9 Å². The molecule has 0 aliphatic heterocycles. The van der Waals surface area contributed by atoms with Gasteiger partial charge in [0.2, 0.25) is 5.91 Å². The molecule has 0 aliphatic rings. The highest BCUT2D eigenvalue weighted by Crippen LogP contribution is 2.24. The molecule has 2 amide bonds. The number of ether oxygens (including phenoxy) is 1. The van der Waals surface area contributed by atoms with E-state index < -0.39 is 6.04 Å². The van der Waals surface area contributed by atoms with E-state index in [1.807, 2.05) is 92.7 Å². The van der Waals surface area contributed by atoms with Gasteiger partial charge in [-0.25, -0.2) is 0 Å². The third-order valence-corrected chi connectivity index (χ3v) is 4.98. The predicted octanol–water partition coefficient (Wildman–Crippen LogP) is 4.61. The molecule has 0 bridgehead atoms. The minimum absolute atomic E-state index is 0.155. The number of rotatable bonds is 10. The molecule has 0 aliphatic carbocycles. The number of benzene rings is 3. The van der Waals surface area contributed by atoms with Crippen LogP contribution in [0.2, 0.25) is 0 Å². The standard InChI is InChI=1S/C27H30N2O3/c1-21(2)18-28-27(31)26(23-14-8-4-9-15-23)29(19-22-12-6-3-7-13-22)25(30)20-32-24-16-10-5-11-17-24/h3-17,21,26H,18-20H2,1-2H3,(H,28,31)/t26-/m1/s1. The summed E-state index contributed by atoms with van der Waals surface area (Å²) < 4.78 is 5.73. The maximum absolute atomic E-state index is 13.4. The zero-order chi connectivity index (χ0) is 22.8. The van der Waals surface area contributed by atoms with Gasteiger partial charge in [0.1, 0.15) is 11.8 Å². The Labute approximate surface area is 190 Å². The Balaban J connectivity index is 1.90. The number of nitrogens with zero attached hydrogens (tertiary/aromatic N) is 1. The summed E-state index contributed by atoms with van der Waals surface area (Å²) in [5.41, 5.74) is 1.70. The number of amides is 2. The summed E-state index contributed by atoms with van der Waals surface area (Å²) in [6.07, 6.45) is 0. The second-order valence-corrected chi connectivity index (χ2v) is 8.06. The highest BCUT2D eigenvalue weighted by molar-refractivity contribution is 5.89. The molecule has 1 N–H and O–H groups in total. The van der Waals surface area contributed by atoms with Crippen molar-refractivity contribution in [1.82, 2.24) is 10.2 Å². The molecule has 0 radical (unpaired) electrons. The van der Waals surface area contributed by atoms with Gasteiger partial charge in [0.05, 0.1) is 0 Å². The van der Waals surface area contributed by atoms with Gasteiger partial charge in [0, 0.05) is 13.1 Å². The number of hydrogen-bond acceptors (Lipinski definition) is 3. The van der Waals surface area contributed by atoms with Gasteiger partial charge in [-0.05, 0) is 29.2 Å². The Hall–Kier alpha value is -3.60. The van der Waals surface area contributed by atoms with Crippen LogP contribution in [0.15, 0.2) is 91.0 Å². The van der Waals surface area contributed by atoms with Crippen LogP contribution in [-0.2, 0) is 16.1 Å². The molecule has 1 atom stereocenters. The highest BCUT2D eigenvalue weighted by atomic mass is 16.5. The second-order valence-electron chi connectivity index (χ2n) is 8.06. The van der Waals surface area contributed by atoms with Crippen molar-refractivity contribution in [2.24, 2.45) is 5.92 Å². The summed E-state index contributed by atoms with van der Waals surface area (Å²) in [6.45, 7) is 4.76. The Morgan fingerprint density at radius 1 is 0.844 bits per heavy atom. The van der Waals surface area contributed by atoms with E-state index in [2.05, 4.69) is 5.32 Å². The third-order valence-electron chi connectivity index (χ3n) is 4.98. The van der Waals surface area contributed by atoms with Gasteiger partial charge in [-0.15, -0.1) is 0 Å². The zero-order valence-electron chi connectivity index (χ0n) is 18.6. The minimum Gasteiger partial charge on any atom is -0.484 e. The van der Waals surface area contributed by atoms with E-state index in [1.54, 1.807) is 17.0 Å². The lowest BCUT2D eigenvalue weighted by molar-refractivity contribution is -0.143. The normalized spacial score (nSPS) is 11.6. The molecule has 0 heterocycles. The fourth-order valence-corrected chi connectivity index (χ4v) is 3.36. The molecule has 0 spiro atoms. The van der Waals surface area contributed by atoms with Crippen LogP contribution < -0.4 is 10.1 Å². The summed E-state index contributed by atoms with van der Waals surface area (Å²) in [5.74, 6) is 0.455. The molecule has 3 rings (SSSR count). The maximum Gasteiger partial charge on any atom is 0.261 e. The molecule has 166 valence electrons. The smallest absolute Gasteiger partial charge is 0.261 e. The van der Waals surface area contributed by atoms with Crippen LogP contribution >= 0.6 is 0 Å². The van der Waals surface area contributed by atoms with Gasteiger partial charge in [0.25, 0.3) is 5.91 Å². The first-order valence-corrected chi connectivity index (χ1v) is 10.9. The summed E-state index contributed by atoms with van der Waals surface area (Å²) in [4.78, 5) is 28.3. The molecule has 32 heavy (non-hydrogen) atoms. The number of nitrogens with one attached hydrogen (secondary N) is 1. The zero-order valence-corrected chi connectivity index (χ0v) is 18.6. The van der Waals surface area contributed by atoms with Crippen molar-refractivity contribution < 1.29 is 14.3 Å². The van der Waals surface area contributed by atoms with Crippen LogP contribution in [0.4, 0.5) is 0 Å². The van der Waals surface area contributed by atoms with Crippen molar-refractivity contribution in [2.45, 2.75) is 26.4 Å². The van der Waals surface area contributed by atoms with E-state index in [0.29, 0.717) is 24.8 Å². The average Bonchev–Trinajstić information content (AvgIpc) is 2.83. The fourth-order valence-electron chi connectivity index (χ4n) is 3.36. The van der Waals surface area contributed by atoms with Gasteiger partial charge < -0.3 is 15.0 Å². The van der Waals surface area contributed by atoms with E-state index in [1.165, 1.54) is 0 Å².